The van der Waals surface area contributed by atoms with Crippen molar-refractivity contribution in [1.29, 1.82) is 0 Å². The Balaban J connectivity index is 1.57. The molecule has 1 heterocycles. The number of para-hydroxylation sites is 1. The van der Waals surface area contributed by atoms with E-state index in [1.165, 1.54) is 0 Å². The molecule has 1 N–H and O–H groups in total. The van der Waals surface area contributed by atoms with Crippen LogP contribution in [0, 0.1) is 11.8 Å². The summed E-state index contributed by atoms with van der Waals surface area (Å²) in [5, 5.41) is 2.91. The van der Waals surface area contributed by atoms with Crippen molar-refractivity contribution in [2.24, 2.45) is 0 Å². The molecule has 0 aromatic heterocycles. The van der Waals surface area contributed by atoms with Crippen LogP contribution >= 0.6 is 0 Å². The first-order valence-corrected chi connectivity index (χ1v) is 12.1. The molecule has 0 atom stereocenters. The van der Waals surface area contributed by atoms with Crippen LogP contribution in [0.4, 0.5) is 5.69 Å². The summed E-state index contributed by atoms with van der Waals surface area (Å²) in [6.45, 7) is 9.21. The summed E-state index contributed by atoms with van der Waals surface area (Å²) in [5.74, 6) is 6.13. The summed E-state index contributed by atoms with van der Waals surface area (Å²) in [6.07, 6.45) is 0.969. The van der Waals surface area contributed by atoms with E-state index in [9.17, 15) is 9.59 Å². The summed E-state index contributed by atoms with van der Waals surface area (Å²) in [6, 6.07) is 15.5. The molecule has 2 aromatic rings. The maximum Gasteiger partial charge on any atom is 0.227 e. The molecular weight excluding hydrogens is 440 g/mol. The molecule has 0 saturated carbocycles. The van der Waals surface area contributed by atoms with Crippen molar-refractivity contribution in [2.45, 2.75) is 64.7 Å². The number of nitrogens with one attached hydrogen (secondary N) is 1. The average molecular weight is 477 g/mol. The van der Waals surface area contributed by atoms with E-state index in [2.05, 4.69) is 17.2 Å². The molecule has 3 rings (SSSR count). The second-order valence-corrected chi connectivity index (χ2v) is 10.0. The molecule has 0 fully saturated rings. The van der Waals surface area contributed by atoms with Gasteiger partial charge in [-0.3, -0.25) is 9.59 Å². The minimum absolute atomic E-state index is 0.108. The van der Waals surface area contributed by atoms with Crippen LogP contribution in [0.3, 0.4) is 0 Å². The topological polar surface area (TPSA) is 67.9 Å². The van der Waals surface area contributed by atoms with Crippen molar-refractivity contribution in [3.05, 3.63) is 65.2 Å². The van der Waals surface area contributed by atoms with Crippen molar-refractivity contribution in [3.8, 4) is 11.8 Å². The molecule has 0 bridgehead atoms. The number of amides is 2. The lowest BCUT2D eigenvalue weighted by Gasteiger charge is -2.29. The molecular formula is C29H36N2O4. The second kappa shape index (κ2) is 11.5. The van der Waals surface area contributed by atoms with E-state index in [4.69, 9.17) is 9.47 Å². The van der Waals surface area contributed by atoms with Crippen LogP contribution in [-0.4, -0.2) is 43.3 Å². The van der Waals surface area contributed by atoms with Crippen LogP contribution in [0.5, 0.6) is 0 Å². The van der Waals surface area contributed by atoms with Gasteiger partial charge in [-0.1, -0.05) is 42.2 Å². The van der Waals surface area contributed by atoms with E-state index >= 15 is 0 Å². The highest BCUT2D eigenvalue weighted by Gasteiger charge is 2.24. The number of methoxy groups -OCH3 is 1. The number of benzene rings is 2. The van der Waals surface area contributed by atoms with Crippen LogP contribution in [0.15, 0.2) is 48.5 Å². The smallest absolute Gasteiger partial charge is 0.227 e. The molecule has 1 aliphatic rings. The Labute approximate surface area is 209 Å². The fourth-order valence-electron chi connectivity index (χ4n) is 3.69. The van der Waals surface area contributed by atoms with Gasteiger partial charge in [-0.15, -0.1) is 0 Å². The molecule has 0 radical (unpaired) electrons. The maximum atomic E-state index is 13.3. The van der Waals surface area contributed by atoms with Crippen LogP contribution < -0.4 is 10.2 Å². The van der Waals surface area contributed by atoms with Gasteiger partial charge < -0.3 is 19.7 Å². The third-order valence-corrected chi connectivity index (χ3v) is 6.20. The van der Waals surface area contributed by atoms with E-state index < -0.39 is 5.60 Å². The summed E-state index contributed by atoms with van der Waals surface area (Å²) in [7, 11) is 1.69. The van der Waals surface area contributed by atoms with Crippen LogP contribution in [0.2, 0.25) is 0 Å². The SMILES string of the molecule is COC(C)(C)CCOC(C)(C)CNC(=O)CCC(=O)N1Cc2ccccc2C#Cc2ccccc21. The largest absolute Gasteiger partial charge is 0.379 e. The zero-order chi connectivity index (χ0) is 25.5. The van der Waals surface area contributed by atoms with Gasteiger partial charge in [0.15, 0.2) is 0 Å². The number of hydrogen-bond donors (Lipinski definition) is 1. The highest BCUT2D eigenvalue weighted by atomic mass is 16.5. The zero-order valence-electron chi connectivity index (χ0n) is 21.4. The third kappa shape index (κ3) is 7.68. The minimum Gasteiger partial charge on any atom is -0.379 e. The molecule has 0 saturated heterocycles. The fraction of sp³-hybridized carbons (Fsp3) is 0.448. The number of carbonyl (C=O) groups excluding carboxylic acids is 2. The van der Waals surface area contributed by atoms with Crippen LogP contribution in [-0.2, 0) is 25.6 Å². The number of ether oxygens (including phenoxy) is 2. The lowest BCUT2D eigenvalue weighted by molar-refractivity contribution is -0.126. The van der Waals surface area contributed by atoms with Gasteiger partial charge in [-0.05, 0) is 57.9 Å². The van der Waals surface area contributed by atoms with Gasteiger partial charge >= 0.3 is 0 Å². The Bertz CT molecular complexity index is 1110. The predicted octanol–water partition coefficient (Wildman–Crippen LogP) is 4.44. The minimum atomic E-state index is -0.520. The zero-order valence-corrected chi connectivity index (χ0v) is 21.4. The highest BCUT2D eigenvalue weighted by Crippen LogP contribution is 2.26. The van der Waals surface area contributed by atoms with Gasteiger partial charge in [-0.25, -0.2) is 0 Å². The number of fused-ring (bicyclic) bond motifs is 2. The molecule has 2 aromatic carbocycles. The molecule has 0 unspecified atom stereocenters. The van der Waals surface area contributed by atoms with E-state index in [0.29, 0.717) is 19.7 Å². The maximum absolute atomic E-state index is 13.3. The van der Waals surface area contributed by atoms with E-state index in [1.54, 1.807) is 12.0 Å². The second-order valence-electron chi connectivity index (χ2n) is 10.0. The Hall–Kier alpha value is -3.14. The number of hydrogen-bond acceptors (Lipinski definition) is 4. The first kappa shape index (κ1) is 26.5. The van der Waals surface area contributed by atoms with Crippen molar-refractivity contribution in [3.63, 3.8) is 0 Å². The summed E-state index contributed by atoms with van der Waals surface area (Å²) in [5.41, 5.74) is 2.70. The fourth-order valence-corrected chi connectivity index (χ4v) is 3.69. The quantitative estimate of drug-likeness (QED) is 0.515. The van der Waals surface area contributed by atoms with Gasteiger partial charge in [0, 0.05) is 37.6 Å². The highest BCUT2D eigenvalue weighted by molar-refractivity contribution is 5.96. The van der Waals surface area contributed by atoms with Gasteiger partial charge in [0.25, 0.3) is 0 Å². The average Bonchev–Trinajstić information content (AvgIpc) is 2.82. The molecule has 6 heteroatoms. The Morgan fingerprint density at radius 3 is 2.34 bits per heavy atom. The lowest BCUT2D eigenvalue weighted by Crippen LogP contribution is -2.41. The number of carbonyl (C=O) groups is 2. The third-order valence-electron chi connectivity index (χ3n) is 6.20. The van der Waals surface area contributed by atoms with E-state index in [-0.39, 0.29) is 30.3 Å². The summed E-state index contributed by atoms with van der Waals surface area (Å²) in [4.78, 5) is 27.5. The van der Waals surface area contributed by atoms with Gasteiger partial charge in [0.1, 0.15) is 0 Å². The molecule has 35 heavy (non-hydrogen) atoms. The van der Waals surface area contributed by atoms with Crippen molar-refractivity contribution in [1.82, 2.24) is 5.32 Å². The number of rotatable bonds is 10. The van der Waals surface area contributed by atoms with Crippen molar-refractivity contribution >= 4 is 17.5 Å². The Kier molecular flexibility index (Phi) is 8.71. The van der Waals surface area contributed by atoms with Crippen LogP contribution in [0.25, 0.3) is 0 Å². The van der Waals surface area contributed by atoms with Gasteiger partial charge in [-0.2, -0.15) is 0 Å². The van der Waals surface area contributed by atoms with E-state index in [1.807, 2.05) is 76.2 Å². The standard InChI is InChI=1S/C29H36N2O4/c1-28(2,34-5)18-19-35-29(3,4)21-30-26(32)16-17-27(33)31-20-24-12-7-6-10-22(24)14-15-23-11-8-9-13-25(23)31/h6-13H,16-21H2,1-5H3,(H,30,32). The van der Waals surface area contributed by atoms with Crippen molar-refractivity contribution in [2.75, 3.05) is 25.2 Å². The normalized spacial score (nSPS) is 13.0. The molecule has 0 aliphatic carbocycles. The first-order chi connectivity index (χ1) is 16.6. The summed E-state index contributed by atoms with van der Waals surface area (Å²) >= 11 is 0. The molecule has 2 amide bonds. The summed E-state index contributed by atoms with van der Waals surface area (Å²) < 4.78 is 11.4. The predicted molar refractivity (Wildman–Crippen MR) is 138 cm³/mol. The van der Waals surface area contributed by atoms with Gasteiger partial charge in [0.2, 0.25) is 11.8 Å². The van der Waals surface area contributed by atoms with E-state index in [0.717, 1.165) is 28.8 Å². The Morgan fingerprint density at radius 2 is 1.60 bits per heavy atom. The number of nitrogens with zero attached hydrogens (tertiary/aromatic N) is 1. The van der Waals surface area contributed by atoms with Crippen LogP contribution in [0.1, 0.15) is 63.6 Å². The molecule has 6 nitrogen and oxygen atoms in total. The van der Waals surface area contributed by atoms with Crippen molar-refractivity contribution < 1.29 is 19.1 Å². The molecule has 0 spiro atoms. The lowest BCUT2D eigenvalue weighted by atomic mass is 10.0. The first-order valence-electron chi connectivity index (χ1n) is 12.1. The Morgan fingerprint density at radius 1 is 0.943 bits per heavy atom. The molecule has 1 aliphatic heterocycles. The monoisotopic (exact) mass is 476 g/mol. The number of anilines is 1. The molecule has 186 valence electrons. The van der Waals surface area contributed by atoms with Gasteiger partial charge in [0.05, 0.1) is 30.0 Å².